The van der Waals surface area contributed by atoms with Gasteiger partial charge in [0, 0.05) is 36.3 Å². The third-order valence-electron chi connectivity index (χ3n) is 5.52. The van der Waals surface area contributed by atoms with Crippen LogP contribution in [0.1, 0.15) is 48.5 Å². The van der Waals surface area contributed by atoms with Gasteiger partial charge in [-0.15, -0.1) is 0 Å². The monoisotopic (exact) mass is 356 g/mol. The van der Waals surface area contributed by atoms with Crippen molar-refractivity contribution in [1.82, 2.24) is 15.5 Å². The molecule has 0 saturated carbocycles. The second-order valence-corrected chi connectivity index (χ2v) is 7.49. The molecule has 3 amide bonds. The summed E-state index contributed by atoms with van der Waals surface area (Å²) in [6.07, 6.45) is 2.81. The highest BCUT2D eigenvalue weighted by Crippen LogP contribution is 2.30. The summed E-state index contributed by atoms with van der Waals surface area (Å²) in [5, 5.41) is 9.35. The summed E-state index contributed by atoms with van der Waals surface area (Å²) in [6.45, 7) is 3.61. The number of fused-ring (bicyclic) bond motifs is 1. The van der Waals surface area contributed by atoms with Gasteiger partial charge in [0.2, 0.25) is 11.8 Å². The number of benzene rings is 1. The van der Waals surface area contributed by atoms with Gasteiger partial charge in [-0.2, -0.15) is 0 Å². The second kappa shape index (κ2) is 6.72. The van der Waals surface area contributed by atoms with Crippen LogP contribution in [0.5, 0.6) is 0 Å². The van der Waals surface area contributed by atoms with Gasteiger partial charge in [-0.25, -0.2) is 0 Å². The average molecular weight is 356 g/mol. The van der Waals surface area contributed by atoms with Crippen molar-refractivity contribution in [3.8, 4) is 0 Å². The Morgan fingerprint density at radius 1 is 1.19 bits per heavy atom. The van der Waals surface area contributed by atoms with Crippen LogP contribution in [0.2, 0.25) is 0 Å². The number of rotatable bonds is 3. The van der Waals surface area contributed by atoms with Crippen LogP contribution in [-0.2, 0) is 16.1 Å². The molecule has 7 nitrogen and oxygen atoms in total. The summed E-state index contributed by atoms with van der Waals surface area (Å²) in [6, 6.07) is 6.17. The van der Waals surface area contributed by atoms with Crippen LogP contribution >= 0.6 is 0 Å². The summed E-state index contributed by atoms with van der Waals surface area (Å²) < 4.78 is 0. The molecule has 0 spiro atoms. The molecule has 138 valence electrons. The lowest BCUT2D eigenvalue weighted by Gasteiger charge is -2.29. The van der Waals surface area contributed by atoms with Gasteiger partial charge in [0.25, 0.3) is 5.91 Å². The third-order valence-corrected chi connectivity index (χ3v) is 5.52. The van der Waals surface area contributed by atoms with E-state index in [-0.39, 0.29) is 24.1 Å². The lowest BCUT2D eigenvalue weighted by molar-refractivity contribution is -0.136. The Bertz CT molecular complexity index is 763. The van der Waals surface area contributed by atoms with Crippen molar-refractivity contribution in [1.29, 1.82) is 0 Å². The van der Waals surface area contributed by atoms with Crippen LogP contribution in [0.25, 0.3) is 0 Å². The van der Waals surface area contributed by atoms with Crippen molar-refractivity contribution in [3.05, 3.63) is 29.3 Å². The number of hydrogen-bond donors (Lipinski definition) is 3. The van der Waals surface area contributed by atoms with Gasteiger partial charge in [-0.3, -0.25) is 19.7 Å². The number of anilines is 1. The predicted molar refractivity (Wildman–Crippen MR) is 96.6 cm³/mol. The first-order chi connectivity index (χ1) is 12.5. The molecular weight excluding hydrogens is 332 g/mol. The molecular formula is C19H24N4O3. The number of nitrogens with one attached hydrogen (secondary N) is 3. The summed E-state index contributed by atoms with van der Waals surface area (Å²) in [5.74, 6) is -0.765. The molecule has 3 atom stereocenters. The van der Waals surface area contributed by atoms with Gasteiger partial charge in [0.1, 0.15) is 6.04 Å². The van der Waals surface area contributed by atoms with Crippen LogP contribution in [-0.4, -0.2) is 47.3 Å². The van der Waals surface area contributed by atoms with Gasteiger partial charge in [0.05, 0.1) is 0 Å². The minimum atomic E-state index is -0.561. The van der Waals surface area contributed by atoms with E-state index in [1.165, 1.54) is 0 Å². The Balaban J connectivity index is 1.48. The van der Waals surface area contributed by atoms with E-state index in [9.17, 15) is 14.4 Å². The van der Waals surface area contributed by atoms with Crippen LogP contribution in [0, 0.1) is 0 Å². The molecule has 3 N–H and O–H groups in total. The predicted octanol–water partition coefficient (Wildman–Crippen LogP) is 1.00. The lowest BCUT2D eigenvalue weighted by Crippen LogP contribution is -2.52. The van der Waals surface area contributed by atoms with E-state index in [1.807, 2.05) is 18.2 Å². The number of hydrogen-bond acceptors (Lipinski definition) is 5. The van der Waals surface area contributed by atoms with E-state index in [1.54, 1.807) is 4.90 Å². The fourth-order valence-electron chi connectivity index (χ4n) is 4.16. The first kappa shape index (κ1) is 17.0. The van der Waals surface area contributed by atoms with Crippen molar-refractivity contribution in [3.63, 3.8) is 0 Å². The third kappa shape index (κ3) is 3.19. The average Bonchev–Trinajstić information content (AvgIpc) is 2.91. The molecule has 2 unspecified atom stereocenters. The van der Waals surface area contributed by atoms with Crippen LogP contribution in [0.3, 0.4) is 0 Å². The quantitative estimate of drug-likeness (QED) is 0.703. The van der Waals surface area contributed by atoms with Crippen molar-refractivity contribution in [2.24, 2.45) is 0 Å². The fraction of sp³-hybridized carbons (Fsp3) is 0.526. The van der Waals surface area contributed by atoms with E-state index >= 15 is 0 Å². The molecule has 7 heteroatoms. The maximum absolute atomic E-state index is 12.7. The maximum atomic E-state index is 12.7. The molecule has 2 fully saturated rings. The number of piperidine rings is 2. The highest BCUT2D eigenvalue weighted by Gasteiger charge is 2.39. The Labute approximate surface area is 152 Å². The first-order valence-electron chi connectivity index (χ1n) is 9.29. The zero-order chi connectivity index (χ0) is 18.3. The SMILES string of the molecule is C[C@H]1CC(Nc2ccc3c(c2)CN(C2CCC(=O)NC2=O)C3=O)CCN1. The zero-order valence-corrected chi connectivity index (χ0v) is 14.9. The van der Waals surface area contributed by atoms with Gasteiger partial charge >= 0.3 is 0 Å². The summed E-state index contributed by atoms with van der Waals surface area (Å²) >= 11 is 0. The molecule has 3 aliphatic heterocycles. The fourth-order valence-corrected chi connectivity index (χ4v) is 4.16. The van der Waals surface area contributed by atoms with E-state index in [0.717, 1.165) is 30.6 Å². The first-order valence-corrected chi connectivity index (χ1v) is 9.29. The number of amides is 3. The van der Waals surface area contributed by atoms with Gasteiger partial charge in [-0.05, 0) is 56.5 Å². The normalized spacial score (nSPS) is 28.7. The summed E-state index contributed by atoms with van der Waals surface area (Å²) in [5.41, 5.74) is 2.60. The second-order valence-electron chi connectivity index (χ2n) is 7.49. The van der Waals surface area contributed by atoms with Crippen molar-refractivity contribution >= 4 is 23.4 Å². The van der Waals surface area contributed by atoms with E-state index in [2.05, 4.69) is 22.9 Å². The minimum absolute atomic E-state index is 0.128. The molecule has 0 radical (unpaired) electrons. The highest BCUT2D eigenvalue weighted by molar-refractivity contribution is 6.05. The molecule has 3 aliphatic rings. The molecule has 2 saturated heterocycles. The van der Waals surface area contributed by atoms with Crippen LogP contribution in [0.15, 0.2) is 18.2 Å². The smallest absolute Gasteiger partial charge is 0.255 e. The lowest BCUT2D eigenvalue weighted by atomic mass is 10.00. The Morgan fingerprint density at radius 3 is 2.81 bits per heavy atom. The molecule has 0 aromatic heterocycles. The van der Waals surface area contributed by atoms with E-state index < -0.39 is 6.04 Å². The number of carbonyl (C=O) groups is 3. The topological polar surface area (TPSA) is 90.5 Å². The molecule has 26 heavy (non-hydrogen) atoms. The van der Waals surface area contributed by atoms with Gasteiger partial charge < -0.3 is 15.5 Å². The van der Waals surface area contributed by atoms with E-state index in [0.29, 0.717) is 30.6 Å². The van der Waals surface area contributed by atoms with Crippen molar-refractivity contribution in [2.75, 3.05) is 11.9 Å². The molecule has 0 bridgehead atoms. The summed E-state index contributed by atoms with van der Waals surface area (Å²) in [7, 11) is 0. The molecule has 4 rings (SSSR count). The molecule has 0 aliphatic carbocycles. The largest absolute Gasteiger partial charge is 0.382 e. The van der Waals surface area contributed by atoms with Crippen molar-refractivity contribution in [2.45, 2.75) is 57.3 Å². The molecule has 3 heterocycles. The molecule has 1 aromatic carbocycles. The van der Waals surface area contributed by atoms with Gasteiger partial charge in [-0.1, -0.05) is 0 Å². The molecule has 1 aromatic rings. The standard InChI is InChI=1S/C19H24N4O3/c1-11-8-14(6-7-20-11)21-13-2-3-15-12(9-13)10-23(19(15)26)16-4-5-17(24)22-18(16)25/h2-3,9,11,14,16,20-21H,4-8,10H2,1H3,(H,22,24,25)/t11-,14?,16?/m0/s1. The Kier molecular flexibility index (Phi) is 4.40. The summed E-state index contributed by atoms with van der Waals surface area (Å²) in [4.78, 5) is 37.7. The maximum Gasteiger partial charge on any atom is 0.255 e. The van der Waals surface area contributed by atoms with Crippen LogP contribution in [0.4, 0.5) is 5.69 Å². The Hall–Kier alpha value is -2.41. The number of imide groups is 1. The zero-order valence-electron chi connectivity index (χ0n) is 14.9. The highest BCUT2D eigenvalue weighted by atomic mass is 16.2. The van der Waals surface area contributed by atoms with Crippen molar-refractivity contribution < 1.29 is 14.4 Å². The minimum Gasteiger partial charge on any atom is -0.382 e. The van der Waals surface area contributed by atoms with Gasteiger partial charge in [0.15, 0.2) is 0 Å². The Morgan fingerprint density at radius 2 is 2.04 bits per heavy atom. The number of nitrogens with zero attached hydrogens (tertiary/aromatic N) is 1. The van der Waals surface area contributed by atoms with Crippen LogP contribution < -0.4 is 16.0 Å². The van der Waals surface area contributed by atoms with E-state index in [4.69, 9.17) is 0 Å². The number of carbonyl (C=O) groups excluding carboxylic acids is 3.